The van der Waals surface area contributed by atoms with Gasteiger partial charge in [0.25, 0.3) is 0 Å². The predicted molar refractivity (Wildman–Crippen MR) is 52.3 cm³/mol. The van der Waals surface area contributed by atoms with Crippen LogP contribution in [0.5, 0.6) is 0 Å². The van der Waals surface area contributed by atoms with Gasteiger partial charge in [-0.2, -0.15) is 0 Å². The van der Waals surface area contributed by atoms with Gasteiger partial charge in [0.1, 0.15) is 13.7 Å². The maximum absolute atomic E-state index is 12.5. The summed E-state index contributed by atoms with van der Waals surface area (Å²) in [5, 5.41) is 0. The van der Waals surface area contributed by atoms with Crippen molar-refractivity contribution >= 4 is 35.9 Å². The van der Waals surface area contributed by atoms with Crippen molar-refractivity contribution in [1.82, 2.24) is 0 Å². The van der Waals surface area contributed by atoms with Gasteiger partial charge in [-0.3, -0.25) is 0 Å². The monoisotopic (exact) mass is 248 g/mol. The first-order chi connectivity index (χ1) is 4.74. The quantitative estimate of drug-likeness (QED) is 0.395. The van der Waals surface area contributed by atoms with E-state index in [1.54, 1.807) is 6.07 Å². The Morgan fingerprint density at radius 1 is 1.50 bits per heavy atom. The van der Waals surface area contributed by atoms with Crippen LogP contribution in [0, 0.1) is 5.82 Å². The number of rotatable bonds is 1. The summed E-state index contributed by atoms with van der Waals surface area (Å²) in [4.78, 5) is 0. The number of hydrogen-bond donors (Lipinski definition) is 0. The summed E-state index contributed by atoms with van der Waals surface area (Å²) in [6, 6.07) is 4.89. The Labute approximate surface area is 74.4 Å². The highest BCUT2D eigenvalue weighted by molar-refractivity contribution is 14.1. The van der Waals surface area contributed by atoms with Crippen molar-refractivity contribution in [3.63, 3.8) is 0 Å². The topological polar surface area (TPSA) is 0 Å². The van der Waals surface area contributed by atoms with E-state index in [0.717, 1.165) is 9.89 Å². The van der Waals surface area contributed by atoms with E-state index in [0.29, 0.717) is 0 Å². The van der Waals surface area contributed by atoms with Gasteiger partial charge in [-0.25, -0.2) is 4.39 Å². The summed E-state index contributed by atoms with van der Waals surface area (Å²) in [6.45, 7) is 0. The first-order valence-electron chi connectivity index (χ1n) is 3.05. The lowest BCUT2D eigenvalue weighted by Gasteiger charge is -1.99. The molecule has 10 heavy (non-hydrogen) atoms. The van der Waals surface area contributed by atoms with Crippen LogP contribution in [0.2, 0.25) is 0 Å². The van der Waals surface area contributed by atoms with Gasteiger partial charge >= 0.3 is 0 Å². The van der Waals surface area contributed by atoms with Crippen molar-refractivity contribution in [2.24, 2.45) is 0 Å². The minimum absolute atomic E-state index is 0.147. The number of benzene rings is 1. The highest BCUT2D eigenvalue weighted by atomic mass is 127. The van der Waals surface area contributed by atoms with Gasteiger partial charge in [-0.05, 0) is 17.7 Å². The molecule has 0 aliphatic carbocycles. The lowest BCUT2D eigenvalue weighted by atomic mass is 9.91. The van der Waals surface area contributed by atoms with E-state index >= 15 is 0 Å². The average molecular weight is 248 g/mol. The molecule has 0 bridgehead atoms. The molecule has 1 aromatic rings. The minimum atomic E-state index is -0.147. The fraction of sp³-hybridized carbons (Fsp3) is 0.143. The molecule has 0 radical (unpaired) electrons. The second-order valence-electron chi connectivity index (χ2n) is 2.20. The molecule has 0 fully saturated rings. The Kier molecular flexibility index (Phi) is 2.71. The molecule has 0 aliphatic heterocycles. The van der Waals surface area contributed by atoms with Crippen LogP contribution < -0.4 is 5.46 Å². The molecule has 0 aromatic heterocycles. The minimum Gasteiger partial charge on any atom is -0.207 e. The van der Waals surface area contributed by atoms with Crippen LogP contribution >= 0.6 is 22.6 Å². The van der Waals surface area contributed by atoms with E-state index in [1.165, 1.54) is 11.6 Å². The Bertz CT molecular complexity index is 237. The van der Waals surface area contributed by atoms with Crippen LogP contribution in [0.25, 0.3) is 0 Å². The summed E-state index contributed by atoms with van der Waals surface area (Å²) in [7, 11) is 1.93. The van der Waals surface area contributed by atoms with Crippen LogP contribution in [0.4, 0.5) is 4.39 Å². The van der Waals surface area contributed by atoms with E-state index in [1.807, 2.05) is 13.9 Å². The molecule has 52 valence electrons. The van der Waals surface area contributed by atoms with E-state index in [9.17, 15) is 4.39 Å². The second kappa shape index (κ2) is 3.37. The summed E-state index contributed by atoms with van der Waals surface area (Å²) in [5.74, 6) is -0.147. The highest BCUT2D eigenvalue weighted by Crippen LogP contribution is 2.03. The summed E-state index contributed by atoms with van der Waals surface area (Å²) in [5.41, 5.74) is 2.25. The summed E-state index contributed by atoms with van der Waals surface area (Å²) >= 11 is 2.27. The third-order valence-electron chi connectivity index (χ3n) is 1.45. The molecule has 1 aromatic carbocycles. The lowest BCUT2D eigenvalue weighted by molar-refractivity contribution is 0.628. The van der Waals surface area contributed by atoms with E-state index < -0.39 is 0 Å². The van der Waals surface area contributed by atoms with Crippen LogP contribution in [0.1, 0.15) is 5.56 Å². The normalized spacial score (nSPS) is 9.80. The number of alkyl halides is 1. The molecular weight excluding hydrogens is 241 g/mol. The molecule has 0 spiro atoms. The van der Waals surface area contributed by atoms with Crippen molar-refractivity contribution in [3.05, 3.63) is 29.6 Å². The Hall–Kier alpha value is -0.0551. The molecule has 0 unspecified atom stereocenters. The molecule has 0 aliphatic rings. The zero-order chi connectivity index (χ0) is 7.56. The van der Waals surface area contributed by atoms with Crippen LogP contribution in [-0.4, -0.2) is 7.85 Å². The molecule has 0 amide bonds. The first kappa shape index (κ1) is 8.05. The number of hydrogen-bond acceptors (Lipinski definition) is 0. The smallest absolute Gasteiger partial charge is 0.139 e. The summed E-state index contributed by atoms with van der Waals surface area (Å²) < 4.78 is 13.4. The summed E-state index contributed by atoms with van der Waals surface area (Å²) in [6.07, 6.45) is 0. The zero-order valence-corrected chi connectivity index (χ0v) is 7.85. The van der Waals surface area contributed by atoms with Crippen molar-refractivity contribution in [3.8, 4) is 0 Å². The maximum Gasteiger partial charge on any atom is 0.139 e. The van der Waals surface area contributed by atoms with Gasteiger partial charge < -0.3 is 0 Å². The van der Waals surface area contributed by atoms with Gasteiger partial charge in [-0.15, -0.1) is 0 Å². The van der Waals surface area contributed by atoms with E-state index in [-0.39, 0.29) is 5.82 Å². The molecule has 0 saturated carbocycles. The molecule has 0 nitrogen and oxygen atoms in total. The van der Waals surface area contributed by atoms with Gasteiger partial charge in [-0.1, -0.05) is 34.1 Å². The van der Waals surface area contributed by atoms with Crippen LogP contribution in [0.15, 0.2) is 18.2 Å². The van der Waals surface area contributed by atoms with Gasteiger partial charge in [0.15, 0.2) is 0 Å². The van der Waals surface area contributed by atoms with Gasteiger partial charge in [0.05, 0.1) is 0 Å². The molecule has 0 saturated heterocycles. The fourth-order valence-corrected chi connectivity index (χ4v) is 1.67. The van der Waals surface area contributed by atoms with Gasteiger partial charge in [0.2, 0.25) is 0 Å². The van der Waals surface area contributed by atoms with Crippen LogP contribution in [0.3, 0.4) is 0 Å². The molecule has 0 heterocycles. The zero-order valence-electron chi connectivity index (χ0n) is 5.70. The molecule has 1 rings (SSSR count). The predicted octanol–water partition coefficient (Wildman–Crippen LogP) is 1.02. The third kappa shape index (κ3) is 1.72. The SMILES string of the molecule is Bc1cc(F)ccc1CI. The van der Waals surface area contributed by atoms with E-state index in [2.05, 4.69) is 22.6 Å². The largest absolute Gasteiger partial charge is 0.207 e. The fourth-order valence-electron chi connectivity index (χ4n) is 0.809. The molecular formula is C7H7BFI. The Balaban J connectivity index is 3.07. The maximum atomic E-state index is 12.5. The Morgan fingerprint density at radius 2 is 2.20 bits per heavy atom. The van der Waals surface area contributed by atoms with E-state index in [4.69, 9.17) is 0 Å². The molecule has 0 atom stereocenters. The molecule has 3 heteroatoms. The number of halogens is 2. The average Bonchev–Trinajstić information content (AvgIpc) is 1.88. The van der Waals surface area contributed by atoms with Crippen LogP contribution in [-0.2, 0) is 4.43 Å². The highest BCUT2D eigenvalue weighted by Gasteiger charge is 1.96. The van der Waals surface area contributed by atoms with Crippen molar-refractivity contribution < 1.29 is 4.39 Å². The van der Waals surface area contributed by atoms with Gasteiger partial charge in [0, 0.05) is 4.43 Å². The first-order valence-corrected chi connectivity index (χ1v) is 4.57. The van der Waals surface area contributed by atoms with Crippen molar-refractivity contribution in [2.45, 2.75) is 4.43 Å². The second-order valence-corrected chi connectivity index (χ2v) is 2.97. The van der Waals surface area contributed by atoms with Crippen molar-refractivity contribution in [2.75, 3.05) is 0 Å². The third-order valence-corrected chi connectivity index (χ3v) is 2.27. The lowest BCUT2D eigenvalue weighted by Crippen LogP contribution is -2.08. The standard InChI is InChI=1S/C7H7BFI/c8-7-3-6(9)2-1-5(7)4-10/h1-3H,4,8H2. The molecule has 0 N–H and O–H groups in total. The van der Waals surface area contributed by atoms with Crippen molar-refractivity contribution in [1.29, 1.82) is 0 Å². The Morgan fingerprint density at radius 3 is 2.70 bits per heavy atom.